The maximum atomic E-state index is 13.3. The van der Waals surface area contributed by atoms with Crippen molar-refractivity contribution in [2.24, 2.45) is 0 Å². The minimum atomic E-state index is -2.00. The molecule has 0 radical (unpaired) electrons. The van der Waals surface area contributed by atoms with E-state index in [0.29, 0.717) is 69.6 Å². The summed E-state index contributed by atoms with van der Waals surface area (Å²) in [6.45, 7) is 0.846. The summed E-state index contributed by atoms with van der Waals surface area (Å²) in [6, 6.07) is 24.9. The Hall–Kier alpha value is -5.26. The van der Waals surface area contributed by atoms with E-state index >= 15 is 0 Å². The number of aromatic nitrogens is 2. The van der Waals surface area contributed by atoms with Gasteiger partial charge >= 0.3 is 5.97 Å². The molecule has 7 rings (SSSR count). The molecule has 3 heterocycles. The predicted molar refractivity (Wildman–Crippen MR) is 167 cm³/mol. The van der Waals surface area contributed by atoms with Gasteiger partial charge in [-0.05, 0) is 65.7 Å². The number of hydrogen-bond acceptors (Lipinski definition) is 11. The van der Waals surface area contributed by atoms with Gasteiger partial charge in [0, 0.05) is 23.1 Å². The molecule has 2 aliphatic rings. The van der Waals surface area contributed by atoms with E-state index in [9.17, 15) is 14.7 Å². The summed E-state index contributed by atoms with van der Waals surface area (Å²) in [5.74, 6) is -0.170. The Balaban J connectivity index is 0.000000306. The summed E-state index contributed by atoms with van der Waals surface area (Å²) in [7, 11) is 3.17. The number of carbonyl (C=O) groups is 2. The summed E-state index contributed by atoms with van der Waals surface area (Å²) in [4.78, 5) is 23.5. The first kappa shape index (κ1) is 29.8. The molecule has 0 aliphatic carbocycles. The number of cyclic esters (lactones) is 1. The number of rotatable bonds is 7. The quantitative estimate of drug-likeness (QED) is 0.186. The molecule has 10 nitrogen and oxygen atoms in total. The van der Waals surface area contributed by atoms with Gasteiger partial charge in [-0.2, -0.15) is 8.75 Å². The van der Waals surface area contributed by atoms with Crippen molar-refractivity contribution in [3.05, 3.63) is 113 Å². The molecular weight excluding hydrogens is 596 g/mol. The van der Waals surface area contributed by atoms with E-state index in [2.05, 4.69) is 8.75 Å². The maximum Gasteiger partial charge on any atom is 0.342 e. The number of ether oxygens (including phenoxy) is 5. The fraction of sp³-hybridized carbons (Fsp3) is 0.176. The highest BCUT2D eigenvalue weighted by atomic mass is 32.1. The second-order valence-electron chi connectivity index (χ2n) is 10.1. The summed E-state index contributed by atoms with van der Waals surface area (Å²) in [6.07, 6.45) is 1.04. The maximum absolute atomic E-state index is 13.3. The first-order valence-corrected chi connectivity index (χ1v) is 14.7. The lowest BCUT2D eigenvalue weighted by Crippen LogP contribution is -2.30. The van der Waals surface area contributed by atoms with Crippen molar-refractivity contribution in [1.82, 2.24) is 8.75 Å². The number of nitrogens with zero attached hydrogens (tertiary/aromatic N) is 2. The number of fused-ring (bicyclic) bond motifs is 2. The molecule has 1 aromatic heterocycles. The Bertz CT molecular complexity index is 1920. The number of benzene rings is 4. The predicted octanol–water partition coefficient (Wildman–Crippen LogP) is 5.38. The summed E-state index contributed by atoms with van der Waals surface area (Å²) >= 11 is 1.10. The molecule has 0 fully saturated rings. The van der Waals surface area contributed by atoms with Crippen LogP contribution in [0.3, 0.4) is 0 Å². The first-order valence-electron chi connectivity index (χ1n) is 14.0. The monoisotopic (exact) mass is 624 g/mol. The minimum Gasteiger partial charge on any atom is -0.497 e. The van der Waals surface area contributed by atoms with Crippen LogP contribution in [0.2, 0.25) is 0 Å². The highest BCUT2D eigenvalue weighted by molar-refractivity contribution is 7.00. The van der Waals surface area contributed by atoms with Gasteiger partial charge in [0.05, 0.1) is 31.5 Å². The van der Waals surface area contributed by atoms with Crippen LogP contribution in [0, 0.1) is 0 Å². The normalized spacial score (nSPS) is 16.9. The lowest BCUT2D eigenvalue weighted by atomic mass is 9.88. The molecule has 45 heavy (non-hydrogen) atoms. The minimum absolute atomic E-state index is 0.247. The Labute approximate surface area is 262 Å². The highest BCUT2D eigenvalue weighted by Crippen LogP contribution is 2.47. The first-order chi connectivity index (χ1) is 21.9. The molecule has 1 atom stereocenters. The second-order valence-corrected chi connectivity index (χ2v) is 10.7. The molecule has 0 saturated heterocycles. The van der Waals surface area contributed by atoms with Gasteiger partial charge in [0.1, 0.15) is 42.0 Å². The zero-order chi connectivity index (χ0) is 31.4. The SMILES string of the molecule is COc1cccc(C=O)c1.COc1cccc(CC2=C(c3ccc4nsnc4c3)C(=O)OC2(O)c2ccc3c(c2)OCCO3)c1. The van der Waals surface area contributed by atoms with Crippen molar-refractivity contribution in [2.75, 3.05) is 27.4 Å². The van der Waals surface area contributed by atoms with Gasteiger partial charge in [0.15, 0.2) is 11.5 Å². The van der Waals surface area contributed by atoms with E-state index < -0.39 is 11.8 Å². The molecule has 1 unspecified atom stereocenters. The molecule has 1 N–H and O–H groups in total. The Morgan fingerprint density at radius 3 is 2.38 bits per heavy atom. The van der Waals surface area contributed by atoms with Crippen molar-refractivity contribution >= 4 is 40.6 Å². The van der Waals surface area contributed by atoms with Crippen LogP contribution in [0.5, 0.6) is 23.0 Å². The summed E-state index contributed by atoms with van der Waals surface area (Å²) in [5, 5.41) is 11.9. The number of methoxy groups -OCH3 is 2. The fourth-order valence-corrected chi connectivity index (χ4v) is 5.68. The van der Waals surface area contributed by atoms with Gasteiger partial charge in [0.2, 0.25) is 0 Å². The Kier molecular flexibility index (Phi) is 8.45. The van der Waals surface area contributed by atoms with Crippen LogP contribution >= 0.6 is 11.7 Å². The van der Waals surface area contributed by atoms with E-state index in [1.807, 2.05) is 24.3 Å². The second kappa shape index (κ2) is 12.8. The van der Waals surface area contributed by atoms with Crippen LogP contribution < -0.4 is 18.9 Å². The van der Waals surface area contributed by atoms with Crippen molar-refractivity contribution in [3.8, 4) is 23.0 Å². The molecule has 0 saturated carbocycles. The standard InChI is InChI=1S/C26H20N2O6S.C8H8O2/c1-31-18-4-2-3-15(11-18)12-19-24(16-5-7-20-21(13-16)28-35-27-20)25(29)34-26(19,30)17-6-8-22-23(14-17)33-10-9-32-22;1-10-8-4-2-3-7(5-8)6-9/h2-8,11,13-14,30H,9-10,12H2,1H3;2-6H,1H3. The molecule has 0 bridgehead atoms. The Morgan fingerprint density at radius 2 is 1.60 bits per heavy atom. The summed E-state index contributed by atoms with van der Waals surface area (Å²) in [5.41, 5.74) is 4.57. The van der Waals surface area contributed by atoms with E-state index in [4.69, 9.17) is 23.7 Å². The lowest BCUT2D eigenvalue weighted by molar-refractivity contribution is -0.185. The highest BCUT2D eigenvalue weighted by Gasteiger charge is 2.48. The van der Waals surface area contributed by atoms with Crippen LogP contribution in [0.25, 0.3) is 16.6 Å². The van der Waals surface area contributed by atoms with E-state index in [0.717, 1.165) is 29.1 Å². The van der Waals surface area contributed by atoms with Crippen LogP contribution in [-0.4, -0.2) is 53.5 Å². The third-order valence-electron chi connectivity index (χ3n) is 7.38. The average Bonchev–Trinajstić information content (AvgIpc) is 3.66. The van der Waals surface area contributed by atoms with Gasteiger partial charge in [-0.3, -0.25) is 4.79 Å². The van der Waals surface area contributed by atoms with Gasteiger partial charge in [-0.25, -0.2) is 4.79 Å². The molecule has 0 amide bonds. The lowest BCUT2D eigenvalue weighted by Gasteiger charge is -2.27. The topological polar surface area (TPSA) is 126 Å². The molecule has 4 aromatic carbocycles. The molecule has 11 heteroatoms. The van der Waals surface area contributed by atoms with Gasteiger partial charge in [-0.1, -0.05) is 30.3 Å². The number of carbonyl (C=O) groups excluding carboxylic acids is 2. The Morgan fingerprint density at radius 1 is 0.867 bits per heavy atom. The van der Waals surface area contributed by atoms with Crippen molar-refractivity contribution in [2.45, 2.75) is 12.2 Å². The fourth-order valence-electron chi connectivity index (χ4n) is 5.17. The van der Waals surface area contributed by atoms with Crippen molar-refractivity contribution < 1.29 is 38.4 Å². The van der Waals surface area contributed by atoms with Gasteiger partial charge in [-0.15, -0.1) is 0 Å². The number of hydrogen-bond donors (Lipinski definition) is 1. The molecule has 0 spiro atoms. The van der Waals surface area contributed by atoms with Crippen LogP contribution in [0.4, 0.5) is 0 Å². The molecule has 2 aliphatic heterocycles. The largest absolute Gasteiger partial charge is 0.497 e. The van der Waals surface area contributed by atoms with E-state index in [1.165, 1.54) is 0 Å². The molecular formula is C34H28N2O8S. The number of esters is 1. The summed E-state index contributed by atoms with van der Waals surface area (Å²) < 4.78 is 35.8. The third-order valence-corrected chi connectivity index (χ3v) is 7.93. The van der Waals surface area contributed by atoms with E-state index in [-0.39, 0.29) is 6.42 Å². The molecule has 228 valence electrons. The van der Waals surface area contributed by atoms with Crippen molar-refractivity contribution in [1.29, 1.82) is 0 Å². The van der Waals surface area contributed by atoms with Crippen molar-refractivity contribution in [3.63, 3.8) is 0 Å². The van der Waals surface area contributed by atoms with E-state index in [1.54, 1.807) is 74.9 Å². The average molecular weight is 625 g/mol. The van der Waals surface area contributed by atoms with Crippen LogP contribution in [-0.2, 0) is 21.7 Å². The zero-order valence-electron chi connectivity index (χ0n) is 24.4. The van der Waals surface area contributed by atoms with Crippen LogP contribution in [0.15, 0.2) is 90.5 Å². The zero-order valence-corrected chi connectivity index (χ0v) is 25.2. The van der Waals surface area contributed by atoms with Crippen LogP contribution in [0.1, 0.15) is 27.0 Å². The van der Waals surface area contributed by atoms with Gasteiger partial charge in [0.25, 0.3) is 5.79 Å². The smallest absolute Gasteiger partial charge is 0.342 e. The molecule has 5 aromatic rings. The number of aliphatic hydroxyl groups is 1. The van der Waals surface area contributed by atoms with Gasteiger partial charge < -0.3 is 28.8 Å². The third kappa shape index (κ3) is 6.08. The number of aldehydes is 1.